The Hall–Kier alpha value is -1.73. The fourth-order valence-electron chi connectivity index (χ4n) is 3.16. The second-order valence-electron chi connectivity index (χ2n) is 5.98. The lowest BCUT2D eigenvalue weighted by molar-refractivity contribution is 0.0218. The van der Waals surface area contributed by atoms with Crippen LogP contribution in [0.5, 0.6) is 0 Å². The van der Waals surface area contributed by atoms with Gasteiger partial charge in [0.05, 0.1) is 24.3 Å². The van der Waals surface area contributed by atoms with E-state index < -0.39 is 0 Å². The molecule has 1 atom stereocenters. The van der Waals surface area contributed by atoms with E-state index in [1.54, 1.807) is 6.33 Å². The number of hydrogen-bond donors (Lipinski definition) is 0. The van der Waals surface area contributed by atoms with Crippen molar-refractivity contribution < 1.29 is 4.74 Å². The third-order valence-corrected chi connectivity index (χ3v) is 4.34. The first kappa shape index (κ1) is 15.2. The molecule has 1 saturated heterocycles. The summed E-state index contributed by atoms with van der Waals surface area (Å²) in [4.78, 5) is 13.5. The summed E-state index contributed by atoms with van der Waals surface area (Å²) in [5.41, 5.74) is 1.85. The molecular formula is C15H24N6O. The molecule has 3 rings (SSSR count). The van der Waals surface area contributed by atoms with E-state index in [1.807, 2.05) is 18.7 Å². The van der Waals surface area contributed by atoms with Gasteiger partial charge >= 0.3 is 0 Å². The number of anilines is 1. The van der Waals surface area contributed by atoms with Gasteiger partial charge in [-0.3, -0.25) is 9.58 Å². The SMILES string of the molecule is Cc1nn(C)c2ncnc(N(C)C[C@H](C)N3CCOCC3)c12. The van der Waals surface area contributed by atoms with Crippen molar-refractivity contribution in [2.75, 3.05) is 44.8 Å². The first-order chi connectivity index (χ1) is 10.6. The monoisotopic (exact) mass is 304 g/mol. The molecule has 0 radical (unpaired) electrons. The number of aryl methyl sites for hydroxylation is 2. The molecule has 0 saturated carbocycles. The maximum absolute atomic E-state index is 5.43. The van der Waals surface area contributed by atoms with Gasteiger partial charge in [-0.25, -0.2) is 9.97 Å². The van der Waals surface area contributed by atoms with E-state index in [-0.39, 0.29) is 0 Å². The Kier molecular flexibility index (Phi) is 4.26. The van der Waals surface area contributed by atoms with Gasteiger partial charge in [0.25, 0.3) is 0 Å². The second-order valence-corrected chi connectivity index (χ2v) is 5.98. The molecule has 7 nitrogen and oxygen atoms in total. The van der Waals surface area contributed by atoms with Gasteiger partial charge in [0, 0.05) is 39.8 Å². The van der Waals surface area contributed by atoms with Crippen LogP contribution in [0.2, 0.25) is 0 Å². The highest BCUT2D eigenvalue weighted by atomic mass is 16.5. The zero-order chi connectivity index (χ0) is 15.7. The topological polar surface area (TPSA) is 59.3 Å². The Morgan fingerprint density at radius 3 is 2.77 bits per heavy atom. The normalized spacial score (nSPS) is 17.8. The zero-order valence-corrected chi connectivity index (χ0v) is 13.8. The minimum atomic E-state index is 0.455. The number of likely N-dealkylation sites (N-methyl/N-ethyl adjacent to an activating group) is 1. The van der Waals surface area contributed by atoms with Crippen LogP contribution in [-0.4, -0.2) is 70.6 Å². The largest absolute Gasteiger partial charge is 0.379 e. The van der Waals surface area contributed by atoms with Crippen molar-refractivity contribution in [3.05, 3.63) is 12.0 Å². The predicted octanol–water partition coefficient (Wildman–Crippen LogP) is 0.829. The molecule has 3 heterocycles. The van der Waals surface area contributed by atoms with Gasteiger partial charge in [0.1, 0.15) is 12.1 Å². The molecule has 1 aliphatic heterocycles. The smallest absolute Gasteiger partial charge is 0.163 e. The molecule has 2 aromatic heterocycles. The highest BCUT2D eigenvalue weighted by Gasteiger charge is 2.21. The third kappa shape index (κ3) is 2.78. The molecular weight excluding hydrogens is 280 g/mol. The van der Waals surface area contributed by atoms with Crippen LogP contribution < -0.4 is 4.90 Å². The zero-order valence-electron chi connectivity index (χ0n) is 13.8. The maximum atomic E-state index is 5.43. The Bertz CT molecular complexity index is 649. The van der Waals surface area contributed by atoms with Gasteiger partial charge in [0.15, 0.2) is 5.65 Å². The van der Waals surface area contributed by atoms with Crippen molar-refractivity contribution in [1.29, 1.82) is 0 Å². The van der Waals surface area contributed by atoms with Crippen molar-refractivity contribution in [2.24, 2.45) is 7.05 Å². The molecule has 1 fully saturated rings. The first-order valence-corrected chi connectivity index (χ1v) is 7.75. The van der Waals surface area contributed by atoms with Crippen LogP contribution in [0.3, 0.4) is 0 Å². The molecule has 120 valence electrons. The van der Waals surface area contributed by atoms with Crippen LogP contribution in [0.15, 0.2) is 6.33 Å². The van der Waals surface area contributed by atoms with Crippen LogP contribution in [-0.2, 0) is 11.8 Å². The molecule has 0 amide bonds. The Morgan fingerprint density at radius 2 is 2.05 bits per heavy atom. The summed E-state index contributed by atoms with van der Waals surface area (Å²) in [5.74, 6) is 0.954. The van der Waals surface area contributed by atoms with E-state index in [2.05, 4.69) is 38.8 Å². The number of ether oxygens (including phenoxy) is 1. The maximum Gasteiger partial charge on any atom is 0.163 e. The van der Waals surface area contributed by atoms with E-state index in [0.717, 1.165) is 55.4 Å². The molecule has 0 aliphatic carbocycles. The summed E-state index contributed by atoms with van der Waals surface area (Å²) < 4.78 is 7.24. The van der Waals surface area contributed by atoms with Crippen molar-refractivity contribution in [3.8, 4) is 0 Å². The minimum absolute atomic E-state index is 0.455. The predicted molar refractivity (Wildman–Crippen MR) is 86.2 cm³/mol. The molecule has 0 N–H and O–H groups in total. The molecule has 1 aliphatic rings. The molecule has 0 unspecified atom stereocenters. The third-order valence-electron chi connectivity index (χ3n) is 4.34. The van der Waals surface area contributed by atoms with Gasteiger partial charge in [-0.15, -0.1) is 0 Å². The molecule has 0 spiro atoms. The number of hydrogen-bond acceptors (Lipinski definition) is 6. The average Bonchev–Trinajstić information content (AvgIpc) is 2.83. The van der Waals surface area contributed by atoms with Crippen LogP contribution in [0.1, 0.15) is 12.6 Å². The van der Waals surface area contributed by atoms with Crippen molar-refractivity contribution in [3.63, 3.8) is 0 Å². The van der Waals surface area contributed by atoms with E-state index >= 15 is 0 Å². The number of nitrogens with zero attached hydrogens (tertiary/aromatic N) is 6. The highest BCUT2D eigenvalue weighted by Crippen LogP contribution is 2.25. The average molecular weight is 304 g/mol. The van der Waals surface area contributed by atoms with Gasteiger partial charge in [0.2, 0.25) is 0 Å². The summed E-state index contributed by atoms with van der Waals surface area (Å²) in [5, 5.41) is 5.51. The quantitative estimate of drug-likeness (QED) is 0.834. The molecule has 7 heteroatoms. The lowest BCUT2D eigenvalue weighted by Gasteiger charge is -2.34. The van der Waals surface area contributed by atoms with Gasteiger partial charge < -0.3 is 9.64 Å². The van der Waals surface area contributed by atoms with Crippen LogP contribution in [0.25, 0.3) is 11.0 Å². The number of fused-ring (bicyclic) bond motifs is 1. The number of aromatic nitrogens is 4. The standard InChI is InChI=1S/C15H24N6O/c1-11(21-5-7-22-8-6-21)9-19(3)14-13-12(2)18-20(4)15(13)17-10-16-14/h10-11H,5-9H2,1-4H3/t11-/m0/s1. The lowest BCUT2D eigenvalue weighted by Crippen LogP contribution is -2.46. The Labute approximate surface area is 130 Å². The summed E-state index contributed by atoms with van der Waals surface area (Å²) >= 11 is 0. The van der Waals surface area contributed by atoms with Gasteiger partial charge in [-0.1, -0.05) is 0 Å². The summed E-state index contributed by atoms with van der Waals surface area (Å²) in [6.45, 7) is 8.84. The van der Waals surface area contributed by atoms with E-state index in [1.165, 1.54) is 0 Å². The number of morpholine rings is 1. The van der Waals surface area contributed by atoms with Crippen molar-refractivity contribution in [1.82, 2.24) is 24.6 Å². The van der Waals surface area contributed by atoms with E-state index in [4.69, 9.17) is 4.74 Å². The molecule has 0 bridgehead atoms. The van der Waals surface area contributed by atoms with E-state index in [9.17, 15) is 0 Å². The summed E-state index contributed by atoms with van der Waals surface area (Å²) in [6.07, 6.45) is 1.62. The van der Waals surface area contributed by atoms with Crippen LogP contribution in [0, 0.1) is 6.92 Å². The molecule has 0 aromatic carbocycles. The van der Waals surface area contributed by atoms with E-state index in [0.29, 0.717) is 6.04 Å². The van der Waals surface area contributed by atoms with Crippen molar-refractivity contribution in [2.45, 2.75) is 19.9 Å². The molecule has 22 heavy (non-hydrogen) atoms. The lowest BCUT2D eigenvalue weighted by atomic mass is 10.2. The first-order valence-electron chi connectivity index (χ1n) is 7.75. The minimum Gasteiger partial charge on any atom is -0.379 e. The van der Waals surface area contributed by atoms with Crippen molar-refractivity contribution >= 4 is 16.9 Å². The summed E-state index contributed by atoms with van der Waals surface area (Å²) in [6, 6.07) is 0.455. The van der Waals surface area contributed by atoms with Crippen LogP contribution in [0.4, 0.5) is 5.82 Å². The molecule has 2 aromatic rings. The Morgan fingerprint density at radius 1 is 1.32 bits per heavy atom. The fraction of sp³-hybridized carbons (Fsp3) is 0.667. The van der Waals surface area contributed by atoms with Gasteiger partial charge in [-0.05, 0) is 13.8 Å². The Balaban J connectivity index is 1.81. The fourth-order valence-corrected chi connectivity index (χ4v) is 3.16. The summed E-state index contributed by atoms with van der Waals surface area (Å²) in [7, 11) is 4.01. The van der Waals surface area contributed by atoms with Gasteiger partial charge in [-0.2, -0.15) is 5.10 Å². The van der Waals surface area contributed by atoms with Crippen LogP contribution >= 0.6 is 0 Å². The second kappa shape index (κ2) is 6.18. The number of rotatable bonds is 4. The highest BCUT2D eigenvalue weighted by molar-refractivity contribution is 5.89.